The van der Waals surface area contributed by atoms with Crippen LogP contribution in [-0.4, -0.2) is 61.8 Å². The van der Waals surface area contributed by atoms with E-state index in [-0.39, 0.29) is 61.2 Å². The lowest BCUT2D eigenvalue weighted by Gasteiger charge is -2.43. The number of rotatable bonds is 8. The molecule has 10 nitrogen and oxygen atoms in total. The fraction of sp³-hybridized carbons (Fsp3) is 0.371. The number of nitrogens with zero attached hydrogens (tertiary/aromatic N) is 2. The molecule has 7 rings (SSSR count). The molecule has 10 heteroatoms. The summed E-state index contributed by atoms with van der Waals surface area (Å²) in [5.41, 5.74) is 2.61. The first-order valence-corrected chi connectivity index (χ1v) is 15.4. The van der Waals surface area contributed by atoms with Gasteiger partial charge >= 0.3 is 0 Å². The molecule has 0 unspecified atom stereocenters. The highest BCUT2D eigenvalue weighted by atomic mass is 16.4. The molecule has 3 heterocycles. The van der Waals surface area contributed by atoms with Crippen LogP contribution in [-0.2, 0) is 38.6 Å². The minimum Gasteiger partial charge on any atom is -0.508 e. The van der Waals surface area contributed by atoms with E-state index < -0.39 is 35.5 Å². The van der Waals surface area contributed by atoms with Gasteiger partial charge in [0.05, 0.1) is 29.6 Å². The number of phenols is 2. The van der Waals surface area contributed by atoms with Crippen molar-refractivity contribution in [1.82, 2.24) is 9.80 Å². The van der Waals surface area contributed by atoms with Gasteiger partial charge in [-0.25, -0.2) is 0 Å². The Kier molecular flexibility index (Phi) is 7.32. The predicted molar refractivity (Wildman–Crippen MR) is 159 cm³/mol. The molecule has 0 bridgehead atoms. The van der Waals surface area contributed by atoms with E-state index in [9.17, 15) is 34.5 Å². The molecule has 3 N–H and O–H groups in total. The third-order valence-electron chi connectivity index (χ3n) is 10.1. The maximum Gasteiger partial charge on any atom is 0.234 e. The molecule has 1 aromatic heterocycles. The Labute approximate surface area is 259 Å². The van der Waals surface area contributed by atoms with Crippen LogP contribution in [0, 0.1) is 29.6 Å². The summed E-state index contributed by atoms with van der Waals surface area (Å²) in [6.45, 7) is 0.0799. The van der Waals surface area contributed by atoms with Crippen molar-refractivity contribution < 1.29 is 38.9 Å². The van der Waals surface area contributed by atoms with Crippen LogP contribution >= 0.6 is 0 Å². The predicted octanol–water partition coefficient (Wildman–Crippen LogP) is 3.30. The SMILES string of the molecule is O=C1[C@H]2[C@H](CC=C3[C@H]2C[C@H]2C(=O)N(CCc4ccc(O)cc4)C(=O)[C@H]2[C@H]3c2ccc(CO)o2)C(=O)N1CCc1ccc(O)cc1. The fourth-order valence-electron chi connectivity index (χ4n) is 7.93. The quantitative estimate of drug-likeness (QED) is 0.260. The zero-order valence-electron chi connectivity index (χ0n) is 24.5. The molecule has 45 heavy (non-hydrogen) atoms. The number of furan rings is 1. The van der Waals surface area contributed by atoms with Crippen molar-refractivity contribution in [1.29, 1.82) is 0 Å². The third-order valence-corrected chi connectivity index (χ3v) is 10.1. The van der Waals surface area contributed by atoms with Crippen LogP contribution in [0.1, 0.15) is 41.4 Å². The van der Waals surface area contributed by atoms with Crippen molar-refractivity contribution in [3.8, 4) is 11.5 Å². The van der Waals surface area contributed by atoms with Crippen LogP contribution in [0.2, 0.25) is 0 Å². The number of likely N-dealkylation sites (tertiary alicyclic amines) is 2. The minimum absolute atomic E-state index is 0.134. The highest BCUT2D eigenvalue weighted by molar-refractivity contribution is 6.08. The Balaban J connectivity index is 1.18. The lowest BCUT2D eigenvalue weighted by atomic mass is 9.58. The Bertz CT molecular complexity index is 1690. The number of hydrogen-bond donors (Lipinski definition) is 3. The number of phenolic OH excluding ortho intramolecular Hbond substituents is 2. The van der Waals surface area contributed by atoms with Gasteiger partial charge in [0.1, 0.15) is 29.6 Å². The fourth-order valence-corrected chi connectivity index (χ4v) is 7.93. The summed E-state index contributed by atoms with van der Waals surface area (Å²) < 4.78 is 5.99. The average molecular weight is 611 g/mol. The molecule has 2 aliphatic carbocycles. The van der Waals surface area contributed by atoms with Crippen molar-refractivity contribution >= 4 is 23.6 Å². The number of amides is 4. The van der Waals surface area contributed by atoms with Crippen molar-refractivity contribution in [3.63, 3.8) is 0 Å². The van der Waals surface area contributed by atoms with Crippen molar-refractivity contribution in [3.05, 3.63) is 95.0 Å². The zero-order chi connectivity index (χ0) is 31.4. The van der Waals surface area contributed by atoms with Gasteiger partial charge in [0.15, 0.2) is 0 Å². The standard InChI is InChI=1S/C35H34N2O8/c38-18-23-9-12-28(45-23)30-24-10-11-25-29(34(43)36(32(25)41)15-13-19-1-5-21(39)6-2-19)26(24)17-27-31(30)35(44)37(33(27)42)16-14-20-3-7-22(40)8-4-20/h1-10,12,25-27,29-31,38-40H,11,13-18H2/t25-,26+,27+,29-,30+,31+/m0/s1. The van der Waals surface area contributed by atoms with Gasteiger partial charge in [-0.15, -0.1) is 0 Å². The molecule has 3 aromatic rings. The van der Waals surface area contributed by atoms with Crippen LogP contribution in [0.3, 0.4) is 0 Å². The number of imide groups is 2. The molecule has 0 radical (unpaired) electrons. The molecule has 6 atom stereocenters. The van der Waals surface area contributed by atoms with E-state index in [1.165, 1.54) is 9.80 Å². The Morgan fingerprint density at radius 1 is 0.667 bits per heavy atom. The number of fused-ring (bicyclic) bond motifs is 4. The summed E-state index contributed by atoms with van der Waals surface area (Å²) in [6, 6.07) is 16.7. The van der Waals surface area contributed by atoms with Crippen LogP contribution in [0.15, 0.2) is 76.7 Å². The molecule has 0 spiro atoms. The van der Waals surface area contributed by atoms with Gasteiger partial charge in [0.25, 0.3) is 0 Å². The van der Waals surface area contributed by atoms with Gasteiger partial charge in [0.2, 0.25) is 23.6 Å². The molecule has 2 aliphatic heterocycles. The molecule has 2 aromatic carbocycles. The number of carbonyl (C=O) groups is 4. The summed E-state index contributed by atoms with van der Waals surface area (Å²) in [7, 11) is 0. The first-order chi connectivity index (χ1) is 21.7. The number of allylic oxidation sites excluding steroid dienone is 2. The number of aliphatic hydroxyl groups is 1. The lowest BCUT2D eigenvalue weighted by molar-refractivity contribution is -0.142. The number of aliphatic hydroxyl groups excluding tert-OH is 1. The largest absolute Gasteiger partial charge is 0.508 e. The Morgan fingerprint density at radius 2 is 1.22 bits per heavy atom. The van der Waals surface area contributed by atoms with E-state index in [1.807, 2.05) is 6.08 Å². The molecular weight excluding hydrogens is 576 g/mol. The van der Waals surface area contributed by atoms with Gasteiger partial charge in [-0.05, 0) is 79.1 Å². The highest BCUT2D eigenvalue weighted by Crippen LogP contribution is 2.58. The monoisotopic (exact) mass is 610 g/mol. The smallest absolute Gasteiger partial charge is 0.234 e. The van der Waals surface area contributed by atoms with E-state index in [0.717, 1.165) is 16.7 Å². The Morgan fingerprint density at radius 3 is 1.78 bits per heavy atom. The number of hydrogen-bond acceptors (Lipinski definition) is 8. The molecule has 3 fully saturated rings. The summed E-state index contributed by atoms with van der Waals surface area (Å²) in [5, 5.41) is 28.9. The highest BCUT2D eigenvalue weighted by Gasteiger charge is 2.62. The second kappa shape index (κ2) is 11.3. The number of benzene rings is 2. The molecule has 2 saturated heterocycles. The van der Waals surface area contributed by atoms with Gasteiger partial charge in [-0.2, -0.15) is 0 Å². The van der Waals surface area contributed by atoms with Crippen LogP contribution in [0.25, 0.3) is 0 Å². The summed E-state index contributed by atoms with van der Waals surface area (Å²) in [6.07, 6.45) is 3.49. The summed E-state index contributed by atoms with van der Waals surface area (Å²) in [4.78, 5) is 58.1. The topological polar surface area (TPSA) is 149 Å². The minimum atomic E-state index is -0.716. The lowest BCUT2D eigenvalue weighted by Crippen LogP contribution is -2.43. The van der Waals surface area contributed by atoms with Gasteiger partial charge in [-0.1, -0.05) is 35.9 Å². The van der Waals surface area contributed by atoms with Crippen LogP contribution in [0.5, 0.6) is 11.5 Å². The third kappa shape index (κ3) is 4.93. The second-order valence-electron chi connectivity index (χ2n) is 12.5. The van der Waals surface area contributed by atoms with Gasteiger partial charge in [-0.3, -0.25) is 29.0 Å². The van der Waals surface area contributed by atoms with Crippen molar-refractivity contribution in [2.24, 2.45) is 29.6 Å². The molecular formula is C35H34N2O8. The number of carbonyl (C=O) groups excluding carboxylic acids is 4. The van der Waals surface area contributed by atoms with E-state index in [0.29, 0.717) is 30.8 Å². The molecule has 232 valence electrons. The zero-order valence-corrected chi connectivity index (χ0v) is 24.5. The van der Waals surface area contributed by atoms with Crippen LogP contribution < -0.4 is 0 Å². The molecule has 4 aliphatic rings. The van der Waals surface area contributed by atoms with Crippen molar-refractivity contribution in [2.45, 2.75) is 38.2 Å². The van der Waals surface area contributed by atoms with E-state index in [1.54, 1.807) is 60.7 Å². The van der Waals surface area contributed by atoms with Gasteiger partial charge in [0, 0.05) is 13.1 Å². The van der Waals surface area contributed by atoms with Crippen molar-refractivity contribution in [2.75, 3.05) is 13.1 Å². The second-order valence-corrected chi connectivity index (χ2v) is 12.5. The van der Waals surface area contributed by atoms with E-state index in [2.05, 4.69) is 0 Å². The first-order valence-electron chi connectivity index (χ1n) is 15.4. The van der Waals surface area contributed by atoms with Gasteiger partial charge < -0.3 is 19.7 Å². The maximum absolute atomic E-state index is 14.0. The normalized spacial score (nSPS) is 27.4. The summed E-state index contributed by atoms with van der Waals surface area (Å²) >= 11 is 0. The average Bonchev–Trinajstić information content (AvgIpc) is 3.69. The van der Waals surface area contributed by atoms with E-state index >= 15 is 0 Å². The first kappa shape index (κ1) is 29.0. The molecule has 4 amide bonds. The Hall–Kier alpha value is -4.70. The van der Waals surface area contributed by atoms with Crippen LogP contribution in [0.4, 0.5) is 0 Å². The molecule has 1 saturated carbocycles. The maximum atomic E-state index is 14.0. The van der Waals surface area contributed by atoms with E-state index in [4.69, 9.17) is 4.42 Å². The number of aromatic hydroxyl groups is 2. The summed E-state index contributed by atoms with van der Waals surface area (Å²) in [5.74, 6) is -3.56.